The third kappa shape index (κ3) is 4.88. The van der Waals surface area contributed by atoms with Crippen LogP contribution in [0.1, 0.15) is 48.9 Å². The molecule has 0 bridgehead atoms. The molecule has 20 heavy (non-hydrogen) atoms. The molecule has 1 saturated carbocycles. The van der Waals surface area contributed by atoms with E-state index in [2.05, 4.69) is 17.2 Å². The minimum Gasteiger partial charge on any atom is -0.348 e. The van der Waals surface area contributed by atoms with Crippen LogP contribution in [-0.4, -0.2) is 16.4 Å². The summed E-state index contributed by atoms with van der Waals surface area (Å²) in [6.07, 6.45) is 7.78. The average Bonchev–Trinajstić information content (AvgIpc) is 2.84. The molecular formula is C13H23Cl2N3OS. The summed E-state index contributed by atoms with van der Waals surface area (Å²) in [5.41, 5.74) is 5.52. The van der Waals surface area contributed by atoms with Gasteiger partial charge in [0.05, 0.1) is 12.1 Å². The van der Waals surface area contributed by atoms with Crippen LogP contribution in [0.25, 0.3) is 0 Å². The number of thiazole rings is 1. The van der Waals surface area contributed by atoms with Crippen molar-refractivity contribution < 1.29 is 4.79 Å². The van der Waals surface area contributed by atoms with Crippen LogP contribution in [0.5, 0.6) is 0 Å². The van der Waals surface area contributed by atoms with Gasteiger partial charge in [-0.25, -0.2) is 4.98 Å². The van der Waals surface area contributed by atoms with Crippen LogP contribution in [0.15, 0.2) is 6.20 Å². The highest BCUT2D eigenvalue weighted by Gasteiger charge is 2.34. The Balaban J connectivity index is 0.00000180. The van der Waals surface area contributed by atoms with Gasteiger partial charge in [0.15, 0.2) is 0 Å². The Morgan fingerprint density at radius 3 is 2.60 bits per heavy atom. The maximum atomic E-state index is 12.1. The summed E-state index contributed by atoms with van der Waals surface area (Å²) in [6.45, 7) is 2.61. The molecule has 4 nitrogen and oxygen atoms in total. The van der Waals surface area contributed by atoms with Gasteiger partial charge in [-0.15, -0.1) is 36.2 Å². The van der Waals surface area contributed by atoms with Gasteiger partial charge < -0.3 is 11.1 Å². The van der Waals surface area contributed by atoms with Gasteiger partial charge in [0.25, 0.3) is 0 Å². The second kappa shape index (κ2) is 8.82. The van der Waals surface area contributed by atoms with E-state index in [1.165, 1.54) is 11.3 Å². The van der Waals surface area contributed by atoms with E-state index in [0.29, 0.717) is 6.54 Å². The van der Waals surface area contributed by atoms with Gasteiger partial charge in [-0.3, -0.25) is 4.79 Å². The van der Waals surface area contributed by atoms with E-state index in [0.717, 1.165) is 37.1 Å². The lowest BCUT2D eigenvalue weighted by molar-refractivity contribution is -0.127. The van der Waals surface area contributed by atoms with Crippen LogP contribution < -0.4 is 11.1 Å². The predicted molar refractivity (Wildman–Crippen MR) is 87.8 cm³/mol. The number of hydrogen-bond donors (Lipinski definition) is 2. The summed E-state index contributed by atoms with van der Waals surface area (Å²) < 4.78 is 0. The first-order valence-electron chi connectivity index (χ1n) is 6.65. The number of nitrogens with one attached hydrogen (secondary N) is 1. The van der Waals surface area contributed by atoms with Crippen molar-refractivity contribution in [3.63, 3.8) is 0 Å². The van der Waals surface area contributed by atoms with Crippen molar-refractivity contribution in [2.75, 3.05) is 0 Å². The third-order valence-corrected chi connectivity index (χ3v) is 4.69. The smallest absolute Gasteiger partial charge is 0.240 e. The van der Waals surface area contributed by atoms with E-state index < -0.39 is 5.54 Å². The molecule has 0 spiro atoms. The highest BCUT2D eigenvalue weighted by molar-refractivity contribution is 7.11. The number of aryl methyl sites for hydroxylation is 1. The molecule has 0 radical (unpaired) electrons. The molecule has 1 aliphatic rings. The Labute approximate surface area is 136 Å². The minimum atomic E-state index is -0.650. The lowest BCUT2D eigenvalue weighted by atomic mass is 9.82. The van der Waals surface area contributed by atoms with Crippen molar-refractivity contribution in [2.24, 2.45) is 5.73 Å². The molecule has 7 heteroatoms. The van der Waals surface area contributed by atoms with E-state index in [9.17, 15) is 4.79 Å². The first-order chi connectivity index (χ1) is 8.64. The Bertz CT molecular complexity index is 420. The summed E-state index contributed by atoms with van der Waals surface area (Å²) in [5, 5.41) is 3.89. The molecule has 1 aromatic rings. The molecule has 1 heterocycles. The zero-order chi connectivity index (χ0) is 13.0. The van der Waals surface area contributed by atoms with Crippen molar-refractivity contribution in [1.29, 1.82) is 0 Å². The number of carbonyl (C=O) groups is 1. The average molecular weight is 340 g/mol. The van der Waals surface area contributed by atoms with Crippen LogP contribution in [0.4, 0.5) is 0 Å². The Morgan fingerprint density at radius 2 is 2.05 bits per heavy atom. The number of aromatic nitrogens is 1. The second-order valence-electron chi connectivity index (χ2n) is 4.97. The van der Waals surface area contributed by atoms with Crippen molar-refractivity contribution in [1.82, 2.24) is 10.3 Å². The maximum absolute atomic E-state index is 12.1. The summed E-state index contributed by atoms with van der Waals surface area (Å²) in [5.74, 6) is -0.0181. The van der Waals surface area contributed by atoms with Gasteiger partial charge in [-0.1, -0.05) is 26.2 Å². The lowest BCUT2D eigenvalue weighted by Gasteiger charge is -2.31. The van der Waals surface area contributed by atoms with Gasteiger partial charge >= 0.3 is 0 Å². The quantitative estimate of drug-likeness (QED) is 0.886. The summed E-state index contributed by atoms with van der Waals surface area (Å²) in [6, 6.07) is 0. The number of nitrogens with zero attached hydrogens (tertiary/aromatic N) is 1. The topological polar surface area (TPSA) is 68.0 Å². The van der Waals surface area contributed by atoms with Crippen LogP contribution in [0, 0.1) is 0 Å². The molecule has 0 aliphatic heterocycles. The fourth-order valence-electron chi connectivity index (χ4n) is 2.33. The van der Waals surface area contributed by atoms with E-state index in [4.69, 9.17) is 5.73 Å². The van der Waals surface area contributed by atoms with Crippen molar-refractivity contribution >= 4 is 42.1 Å². The molecule has 116 valence electrons. The largest absolute Gasteiger partial charge is 0.348 e. The van der Waals surface area contributed by atoms with Gasteiger partial charge in [0.2, 0.25) is 5.91 Å². The van der Waals surface area contributed by atoms with E-state index in [1.807, 2.05) is 6.20 Å². The monoisotopic (exact) mass is 339 g/mol. The minimum absolute atomic E-state index is 0. The van der Waals surface area contributed by atoms with Crippen molar-refractivity contribution in [3.8, 4) is 0 Å². The zero-order valence-electron chi connectivity index (χ0n) is 11.7. The summed E-state index contributed by atoms with van der Waals surface area (Å²) >= 11 is 1.65. The van der Waals surface area contributed by atoms with Crippen LogP contribution in [-0.2, 0) is 17.8 Å². The van der Waals surface area contributed by atoms with Crippen LogP contribution >= 0.6 is 36.2 Å². The predicted octanol–water partition coefficient (Wildman–Crippen LogP) is 2.83. The number of nitrogens with two attached hydrogens (primary N) is 1. The number of hydrogen-bond acceptors (Lipinski definition) is 4. The SMILES string of the molecule is CCc1cnc(CNC(=O)C2(N)CCCCC2)s1.Cl.Cl. The zero-order valence-corrected chi connectivity index (χ0v) is 14.1. The lowest BCUT2D eigenvalue weighted by Crippen LogP contribution is -2.54. The van der Waals surface area contributed by atoms with Gasteiger partial charge in [0, 0.05) is 11.1 Å². The van der Waals surface area contributed by atoms with Gasteiger partial charge in [-0.05, 0) is 19.3 Å². The van der Waals surface area contributed by atoms with Crippen LogP contribution in [0.3, 0.4) is 0 Å². The molecule has 2 rings (SSSR count). The van der Waals surface area contributed by atoms with Crippen LogP contribution in [0.2, 0.25) is 0 Å². The number of amides is 1. The molecule has 3 N–H and O–H groups in total. The standard InChI is InChI=1S/C13H21N3OS.2ClH/c1-2-10-8-15-11(18-10)9-16-12(17)13(14)6-4-3-5-7-13;;/h8H,2-7,9,14H2,1H3,(H,16,17);2*1H. The first-order valence-corrected chi connectivity index (χ1v) is 7.46. The number of halogens is 2. The fraction of sp³-hybridized carbons (Fsp3) is 0.692. The summed E-state index contributed by atoms with van der Waals surface area (Å²) in [7, 11) is 0. The fourth-order valence-corrected chi connectivity index (χ4v) is 3.14. The van der Waals surface area contributed by atoms with Crippen molar-refractivity contribution in [2.45, 2.75) is 57.5 Å². The van der Waals surface area contributed by atoms with E-state index >= 15 is 0 Å². The molecule has 0 atom stereocenters. The van der Waals surface area contributed by atoms with E-state index in [1.54, 1.807) is 11.3 Å². The second-order valence-corrected chi connectivity index (χ2v) is 6.17. The van der Waals surface area contributed by atoms with Crippen molar-refractivity contribution in [3.05, 3.63) is 16.1 Å². The van der Waals surface area contributed by atoms with E-state index in [-0.39, 0.29) is 30.7 Å². The molecule has 1 amide bonds. The Morgan fingerprint density at radius 1 is 1.40 bits per heavy atom. The normalized spacial score (nSPS) is 16.7. The molecule has 0 aromatic carbocycles. The molecule has 1 aliphatic carbocycles. The number of carbonyl (C=O) groups excluding carboxylic acids is 1. The highest BCUT2D eigenvalue weighted by Crippen LogP contribution is 2.26. The third-order valence-electron chi connectivity index (χ3n) is 3.55. The first kappa shape index (κ1) is 19.6. The summed E-state index contributed by atoms with van der Waals surface area (Å²) in [4.78, 5) is 17.6. The number of rotatable bonds is 4. The van der Waals surface area contributed by atoms with Gasteiger partial charge in [-0.2, -0.15) is 0 Å². The van der Waals surface area contributed by atoms with Gasteiger partial charge in [0.1, 0.15) is 5.01 Å². The Kier molecular flexibility index (Phi) is 8.66. The molecule has 1 fully saturated rings. The molecule has 0 saturated heterocycles. The molecule has 1 aromatic heterocycles. The Hall–Kier alpha value is -0.360. The molecular weight excluding hydrogens is 317 g/mol. The molecule has 0 unspecified atom stereocenters. The maximum Gasteiger partial charge on any atom is 0.240 e. The highest BCUT2D eigenvalue weighted by atomic mass is 35.5.